The summed E-state index contributed by atoms with van der Waals surface area (Å²) in [6.45, 7) is 6.81. The number of hydrogen-bond acceptors (Lipinski definition) is 3. The van der Waals surface area contributed by atoms with Crippen LogP contribution in [-0.4, -0.2) is 19.1 Å². The Morgan fingerprint density at radius 1 is 1.45 bits per heavy atom. The van der Waals surface area contributed by atoms with Crippen LogP contribution in [-0.2, 0) is 9.53 Å². The van der Waals surface area contributed by atoms with Gasteiger partial charge >= 0.3 is 5.97 Å². The van der Waals surface area contributed by atoms with Gasteiger partial charge in [-0.2, -0.15) is 0 Å². The van der Waals surface area contributed by atoms with Crippen molar-refractivity contribution >= 4 is 5.97 Å². The second kappa shape index (κ2) is 12.1. The van der Waals surface area contributed by atoms with Crippen LogP contribution in [0.4, 0.5) is 0 Å². The molecule has 0 aliphatic carbocycles. The average Bonchev–Trinajstić information content (AvgIpc) is 2.05. The van der Waals surface area contributed by atoms with Crippen molar-refractivity contribution in [1.82, 2.24) is 0 Å². The van der Waals surface area contributed by atoms with E-state index in [1.54, 1.807) is 6.92 Å². The Morgan fingerprint density at radius 2 is 2.00 bits per heavy atom. The van der Waals surface area contributed by atoms with E-state index in [0.717, 1.165) is 6.42 Å². The fraction of sp³-hybridized carbons (Fsp3) is 0.875. The summed E-state index contributed by atoms with van der Waals surface area (Å²) in [5.74, 6) is -0.150. The van der Waals surface area contributed by atoms with Gasteiger partial charge in [0.25, 0.3) is 0 Å². The van der Waals surface area contributed by atoms with Crippen LogP contribution in [0.25, 0.3) is 0 Å². The fourth-order valence-electron chi connectivity index (χ4n) is 0.480. The molecule has 0 spiro atoms. The normalized spacial score (nSPS) is 8.00. The van der Waals surface area contributed by atoms with E-state index < -0.39 is 0 Å². The minimum atomic E-state index is -0.150. The lowest BCUT2D eigenvalue weighted by Gasteiger charge is -1.98. The predicted octanol–water partition coefficient (Wildman–Crippen LogP) is 1.31. The summed E-state index contributed by atoms with van der Waals surface area (Å²) in [6, 6.07) is 0. The van der Waals surface area contributed by atoms with E-state index >= 15 is 0 Å². The third-order valence-corrected chi connectivity index (χ3v) is 0.890. The highest BCUT2D eigenvalue weighted by Gasteiger charge is 1.97. The van der Waals surface area contributed by atoms with Crippen molar-refractivity contribution in [2.75, 3.05) is 13.2 Å². The molecule has 0 saturated carbocycles. The van der Waals surface area contributed by atoms with Crippen LogP contribution in [0.1, 0.15) is 33.6 Å². The molecule has 0 fully saturated rings. The summed E-state index contributed by atoms with van der Waals surface area (Å²) in [6.07, 6.45) is 1.17. The molecular weight excluding hydrogens is 142 g/mol. The van der Waals surface area contributed by atoms with Crippen LogP contribution in [0, 0.1) is 0 Å². The lowest BCUT2D eigenvalue weighted by molar-refractivity contribution is -0.143. The summed E-state index contributed by atoms with van der Waals surface area (Å²) >= 11 is 0. The van der Waals surface area contributed by atoms with Gasteiger partial charge in [-0.15, -0.1) is 0 Å². The van der Waals surface area contributed by atoms with Crippen molar-refractivity contribution in [2.45, 2.75) is 33.6 Å². The van der Waals surface area contributed by atoms with Gasteiger partial charge in [-0.3, -0.25) is 4.79 Å². The van der Waals surface area contributed by atoms with Crippen LogP contribution in [0.15, 0.2) is 0 Å². The van der Waals surface area contributed by atoms with E-state index in [1.807, 2.05) is 13.8 Å². The van der Waals surface area contributed by atoms with E-state index in [2.05, 4.69) is 4.74 Å². The van der Waals surface area contributed by atoms with Crippen molar-refractivity contribution in [3.8, 4) is 0 Å². The Labute approximate surface area is 68.9 Å². The molecule has 0 saturated heterocycles. The number of rotatable bonds is 4. The molecule has 0 unspecified atom stereocenters. The molecule has 0 atom stereocenters. The number of carbonyl (C=O) groups excluding carboxylic acids is 1. The van der Waals surface area contributed by atoms with Gasteiger partial charge in [0.2, 0.25) is 0 Å². The van der Waals surface area contributed by atoms with Crippen molar-refractivity contribution in [1.29, 1.82) is 0 Å². The maximum atomic E-state index is 10.5. The maximum Gasteiger partial charge on any atom is 0.305 e. The molecule has 0 aromatic rings. The van der Waals surface area contributed by atoms with Crippen LogP contribution in [0.5, 0.6) is 0 Å². The fourth-order valence-corrected chi connectivity index (χ4v) is 0.480. The molecule has 0 heterocycles. The molecule has 11 heavy (non-hydrogen) atoms. The minimum Gasteiger partial charge on any atom is -0.466 e. The lowest BCUT2D eigenvalue weighted by atomic mass is 10.3. The number of ether oxygens (including phenoxy) is 1. The van der Waals surface area contributed by atoms with Gasteiger partial charge in [-0.25, -0.2) is 0 Å². The Kier molecular flexibility index (Phi) is 14.4. The third kappa shape index (κ3) is 12.6. The standard InChI is InChI=1S/C6H13NO2.C2H6/c1-2-9-6(8)4-3-5-7;1-2/h2-5,7H2,1H3;1-2H3. The van der Waals surface area contributed by atoms with Gasteiger partial charge in [0.05, 0.1) is 6.61 Å². The molecular formula is C8H19NO2. The highest BCUT2D eigenvalue weighted by molar-refractivity contribution is 5.69. The molecule has 0 aromatic heterocycles. The minimum absolute atomic E-state index is 0.150. The van der Waals surface area contributed by atoms with Gasteiger partial charge < -0.3 is 10.5 Å². The Hall–Kier alpha value is -0.570. The summed E-state index contributed by atoms with van der Waals surface area (Å²) in [5, 5.41) is 0. The quantitative estimate of drug-likeness (QED) is 0.632. The molecule has 0 rings (SSSR count). The Balaban J connectivity index is 0. The molecule has 0 bridgehead atoms. The predicted molar refractivity (Wildman–Crippen MR) is 46.3 cm³/mol. The number of hydrogen-bond donors (Lipinski definition) is 1. The molecule has 68 valence electrons. The van der Waals surface area contributed by atoms with Crippen molar-refractivity contribution in [3.63, 3.8) is 0 Å². The van der Waals surface area contributed by atoms with Gasteiger partial charge in [-0.05, 0) is 19.9 Å². The van der Waals surface area contributed by atoms with Crippen LogP contribution < -0.4 is 5.73 Å². The zero-order valence-corrected chi connectivity index (χ0v) is 7.72. The van der Waals surface area contributed by atoms with Crippen molar-refractivity contribution in [3.05, 3.63) is 0 Å². The molecule has 0 amide bonds. The maximum absolute atomic E-state index is 10.5. The van der Waals surface area contributed by atoms with Crippen molar-refractivity contribution in [2.24, 2.45) is 5.73 Å². The molecule has 2 N–H and O–H groups in total. The summed E-state index contributed by atoms with van der Waals surface area (Å²) in [5.41, 5.74) is 5.17. The largest absolute Gasteiger partial charge is 0.466 e. The summed E-state index contributed by atoms with van der Waals surface area (Å²) in [4.78, 5) is 10.5. The molecule has 3 nitrogen and oxygen atoms in total. The van der Waals surface area contributed by atoms with Crippen LogP contribution in [0.3, 0.4) is 0 Å². The van der Waals surface area contributed by atoms with Gasteiger partial charge in [-0.1, -0.05) is 13.8 Å². The third-order valence-electron chi connectivity index (χ3n) is 0.890. The van der Waals surface area contributed by atoms with E-state index in [-0.39, 0.29) is 5.97 Å². The molecule has 0 aromatic carbocycles. The summed E-state index contributed by atoms with van der Waals surface area (Å²) in [7, 11) is 0. The second-order valence-corrected chi connectivity index (χ2v) is 1.70. The van der Waals surface area contributed by atoms with E-state index in [9.17, 15) is 4.79 Å². The average molecular weight is 161 g/mol. The van der Waals surface area contributed by atoms with Gasteiger partial charge in [0.15, 0.2) is 0 Å². The monoisotopic (exact) mass is 161 g/mol. The second-order valence-electron chi connectivity index (χ2n) is 1.70. The number of carbonyl (C=O) groups is 1. The van der Waals surface area contributed by atoms with Gasteiger partial charge in [0, 0.05) is 6.42 Å². The first-order chi connectivity index (χ1) is 5.31. The highest BCUT2D eigenvalue weighted by atomic mass is 16.5. The zero-order valence-electron chi connectivity index (χ0n) is 7.72. The first-order valence-corrected chi connectivity index (χ1v) is 4.17. The smallest absolute Gasteiger partial charge is 0.305 e. The van der Waals surface area contributed by atoms with Crippen LogP contribution in [0.2, 0.25) is 0 Å². The first-order valence-electron chi connectivity index (χ1n) is 4.17. The summed E-state index contributed by atoms with van der Waals surface area (Å²) < 4.78 is 4.65. The number of nitrogens with two attached hydrogens (primary N) is 1. The first kappa shape index (κ1) is 13.1. The molecule has 0 radical (unpaired) electrons. The molecule has 3 heteroatoms. The van der Waals surface area contributed by atoms with E-state index in [4.69, 9.17) is 5.73 Å². The van der Waals surface area contributed by atoms with Crippen LogP contribution >= 0.6 is 0 Å². The number of esters is 1. The van der Waals surface area contributed by atoms with E-state index in [0.29, 0.717) is 19.6 Å². The Morgan fingerprint density at radius 3 is 2.36 bits per heavy atom. The topological polar surface area (TPSA) is 52.3 Å². The highest BCUT2D eigenvalue weighted by Crippen LogP contribution is 1.89. The SMILES string of the molecule is CC.CCOC(=O)CCCN. The molecule has 0 aliphatic rings. The zero-order chi connectivity index (χ0) is 9.11. The van der Waals surface area contributed by atoms with E-state index in [1.165, 1.54) is 0 Å². The van der Waals surface area contributed by atoms with Crippen molar-refractivity contribution < 1.29 is 9.53 Å². The van der Waals surface area contributed by atoms with Gasteiger partial charge in [0.1, 0.15) is 0 Å². The lowest BCUT2D eigenvalue weighted by Crippen LogP contribution is -2.07. The Bertz CT molecular complexity index is 84.2. The molecule has 0 aliphatic heterocycles.